The second-order valence-corrected chi connectivity index (χ2v) is 6.57. The first-order chi connectivity index (χ1) is 11.9. The van der Waals surface area contributed by atoms with Gasteiger partial charge in [-0.25, -0.2) is 9.18 Å². The van der Waals surface area contributed by atoms with Crippen molar-refractivity contribution in [1.29, 1.82) is 0 Å². The predicted octanol–water partition coefficient (Wildman–Crippen LogP) is 3.35. The molecule has 0 aromatic heterocycles. The predicted molar refractivity (Wildman–Crippen MR) is 97.1 cm³/mol. The lowest BCUT2D eigenvalue weighted by Crippen LogP contribution is -2.37. The number of hydrogen-bond donors (Lipinski definition) is 2. The topological polar surface area (TPSA) is 75.4 Å². The zero-order valence-electron chi connectivity index (χ0n) is 13.7. The molecule has 0 bridgehead atoms. The first-order valence-electron chi connectivity index (χ1n) is 7.65. The minimum absolute atomic E-state index is 0.0233. The van der Waals surface area contributed by atoms with Crippen LogP contribution in [0.3, 0.4) is 0 Å². The molecule has 132 valence electrons. The fourth-order valence-electron chi connectivity index (χ4n) is 2.42. The molecule has 3 amide bonds. The maximum Gasteiger partial charge on any atom is 0.312 e. The molecule has 0 aliphatic carbocycles. The van der Waals surface area contributed by atoms with Gasteiger partial charge < -0.3 is 16.0 Å². The van der Waals surface area contributed by atoms with Crippen molar-refractivity contribution >= 4 is 27.9 Å². The molecule has 0 saturated carbocycles. The van der Waals surface area contributed by atoms with Gasteiger partial charge in [-0.2, -0.15) is 0 Å². The van der Waals surface area contributed by atoms with Crippen molar-refractivity contribution in [1.82, 2.24) is 10.2 Å². The van der Waals surface area contributed by atoms with Crippen LogP contribution in [-0.4, -0.2) is 23.9 Å². The molecule has 0 fully saturated rings. The Morgan fingerprint density at radius 1 is 1.20 bits per heavy atom. The number of rotatable bonds is 6. The smallest absolute Gasteiger partial charge is 0.312 e. The average molecular weight is 408 g/mol. The molecule has 2 aromatic rings. The number of nitrogens with zero attached hydrogens (tertiary/aromatic N) is 1. The van der Waals surface area contributed by atoms with Crippen molar-refractivity contribution < 1.29 is 14.0 Å². The van der Waals surface area contributed by atoms with E-state index in [0.717, 1.165) is 10.0 Å². The Hall–Kier alpha value is -2.41. The summed E-state index contributed by atoms with van der Waals surface area (Å²) in [6, 6.07) is 12.3. The normalized spacial score (nSPS) is 11.6. The van der Waals surface area contributed by atoms with E-state index in [1.165, 1.54) is 11.0 Å². The van der Waals surface area contributed by atoms with Gasteiger partial charge in [-0.05, 0) is 23.8 Å². The number of benzene rings is 2. The van der Waals surface area contributed by atoms with Gasteiger partial charge in [0.1, 0.15) is 5.82 Å². The lowest BCUT2D eigenvalue weighted by molar-refractivity contribution is -0.130. The first kappa shape index (κ1) is 18.9. The van der Waals surface area contributed by atoms with Gasteiger partial charge in [0.05, 0.1) is 12.5 Å². The molecule has 5 nitrogen and oxygen atoms in total. The number of primary amides is 1. The van der Waals surface area contributed by atoms with Crippen LogP contribution in [0.1, 0.15) is 23.6 Å². The third-order valence-electron chi connectivity index (χ3n) is 3.76. The largest absolute Gasteiger partial charge is 0.352 e. The molecule has 1 atom stereocenters. The van der Waals surface area contributed by atoms with E-state index in [1.54, 1.807) is 37.4 Å². The summed E-state index contributed by atoms with van der Waals surface area (Å²) in [5.41, 5.74) is 6.41. The molecule has 0 unspecified atom stereocenters. The Bertz CT molecular complexity index is 752. The van der Waals surface area contributed by atoms with Gasteiger partial charge in [0.25, 0.3) is 0 Å². The molecule has 0 heterocycles. The van der Waals surface area contributed by atoms with Crippen LogP contribution in [-0.2, 0) is 11.3 Å². The molecule has 3 N–H and O–H groups in total. The van der Waals surface area contributed by atoms with Crippen LogP contribution in [0.5, 0.6) is 0 Å². The summed E-state index contributed by atoms with van der Waals surface area (Å²) in [6.45, 7) is 0.148. The summed E-state index contributed by atoms with van der Waals surface area (Å²) in [7, 11) is 1.59. The SMILES string of the molecule is CN(Cc1ccccc1F)C(=O)C[C@@H](NC(N)=O)c1ccc(Br)cc1. The quantitative estimate of drug-likeness (QED) is 0.770. The molecule has 0 spiro atoms. The molecule has 0 radical (unpaired) electrons. The van der Waals surface area contributed by atoms with Crippen molar-refractivity contribution in [2.24, 2.45) is 5.73 Å². The van der Waals surface area contributed by atoms with Crippen LogP contribution in [0.4, 0.5) is 9.18 Å². The molecular weight excluding hydrogens is 389 g/mol. The second kappa shape index (κ2) is 8.62. The average Bonchev–Trinajstić information content (AvgIpc) is 2.56. The fraction of sp³-hybridized carbons (Fsp3) is 0.222. The van der Waals surface area contributed by atoms with Crippen molar-refractivity contribution in [3.8, 4) is 0 Å². The highest BCUT2D eigenvalue weighted by atomic mass is 79.9. The summed E-state index contributed by atoms with van der Waals surface area (Å²) in [4.78, 5) is 25.2. The minimum Gasteiger partial charge on any atom is -0.352 e. The van der Waals surface area contributed by atoms with Crippen LogP contribution < -0.4 is 11.1 Å². The summed E-state index contributed by atoms with van der Waals surface area (Å²) >= 11 is 3.34. The van der Waals surface area contributed by atoms with Crippen molar-refractivity contribution in [2.75, 3.05) is 7.05 Å². The van der Waals surface area contributed by atoms with Crippen LogP contribution >= 0.6 is 15.9 Å². The zero-order valence-corrected chi connectivity index (χ0v) is 15.3. The highest BCUT2D eigenvalue weighted by molar-refractivity contribution is 9.10. The standard InChI is InChI=1S/C18H19BrFN3O2/c1-23(11-13-4-2-3-5-15(13)20)17(24)10-16(22-18(21)25)12-6-8-14(19)9-7-12/h2-9,16H,10-11H2,1H3,(H3,21,22,25)/t16-/m1/s1. The van der Waals surface area contributed by atoms with Crippen LogP contribution in [0.25, 0.3) is 0 Å². The van der Waals surface area contributed by atoms with E-state index in [-0.39, 0.29) is 24.7 Å². The number of carbonyl (C=O) groups excluding carboxylic acids is 2. The van der Waals surface area contributed by atoms with E-state index >= 15 is 0 Å². The van der Waals surface area contributed by atoms with E-state index in [0.29, 0.717) is 5.56 Å². The van der Waals surface area contributed by atoms with Gasteiger partial charge in [0.15, 0.2) is 0 Å². The molecule has 7 heteroatoms. The van der Waals surface area contributed by atoms with Gasteiger partial charge >= 0.3 is 6.03 Å². The summed E-state index contributed by atoms with van der Waals surface area (Å²) in [5, 5.41) is 2.58. The highest BCUT2D eigenvalue weighted by Crippen LogP contribution is 2.21. The number of carbonyl (C=O) groups is 2. The Morgan fingerprint density at radius 2 is 1.84 bits per heavy atom. The maximum atomic E-state index is 13.7. The first-order valence-corrected chi connectivity index (χ1v) is 8.45. The van der Waals surface area contributed by atoms with Crippen molar-refractivity contribution in [2.45, 2.75) is 19.0 Å². The lowest BCUT2D eigenvalue weighted by Gasteiger charge is -2.22. The van der Waals surface area contributed by atoms with E-state index in [4.69, 9.17) is 5.73 Å². The number of nitrogens with two attached hydrogens (primary N) is 1. The summed E-state index contributed by atoms with van der Waals surface area (Å²) in [5.74, 6) is -0.591. The Balaban J connectivity index is 2.09. The second-order valence-electron chi connectivity index (χ2n) is 5.66. The Kier molecular flexibility index (Phi) is 6.52. The lowest BCUT2D eigenvalue weighted by atomic mass is 10.0. The molecular formula is C18H19BrFN3O2. The number of nitrogens with one attached hydrogen (secondary N) is 1. The molecule has 2 rings (SSSR count). The monoisotopic (exact) mass is 407 g/mol. The molecule has 0 aliphatic rings. The van der Waals surface area contributed by atoms with Crippen molar-refractivity contribution in [3.05, 3.63) is 69.9 Å². The van der Waals surface area contributed by atoms with E-state index in [9.17, 15) is 14.0 Å². The van der Waals surface area contributed by atoms with Gasteiger partial charge in [0, 0.05) is 23.6 Å². The van der Waals surface area contributed by atoms with E-state index < -0.39 is 12.1 Å². The van der Waals surface area contributed by atoms with Gasteiger partial charge in [-0.3, -0.25) is 4.79 Å². The van der Waals surface area contributed by atoms with E-state index in [1.807, 2.05) is 12.1 Å². The fourth-order valence-corrected chi connectivity index (χ4v) is 2.68. The number of halogens is 2. The van der Waals surface area contributed by atoms with Crippen LogP contribution in [0.2, 0.25) is 0 Å². The number of amides is 3. The third-order valence-corrected chi connectivity index (χ3v) is 4.29. The zero-order chi connectivity index (χ0) is 18.4. The molecule has 25 heavy (non-hydrogen) atoms. The summed E-state index contributed by atoms with van der Waals surface area (Å²) in [6.07, 6.45) is 0.0233. The van der Waals surface area contributed by atoms with Crippen LogP contribution in [0.15, 0.2) is 53.0 Å². The molecule has 0 saturated heterocycles. The van der Waals surface area contributed by atoms with Crippen molar-refractivity contribution in [3.63, 3.8) is 0 Å². The van der Waals surface area contributed by atoms with Gasteiger partial charge in [-0.15, -0.1) is 0 Å². The molecule has 0 aliphatic heterocycles. The van der Waals surface area contributed by atoms with Crippen LogP contribution in [0, 0.1) is 5.82 Å². The maximum absolute atomic E-state index is 13.7. The number of urea groups is 1. The Labute approximate surface area is 154 Å². The van der Waals surface area contributed by atoms with Gasteiger partial charge in [0.2, 0.25) is 5.91 Å². The Morgan fingerprint density at radius 3 is 2.44 bits per heavy atom. The highest BCUT2D eigenvalue weighted by Gasteiger charge is 2.20. The van der Waals surface area contributed by atoms with E-state index in [2.05, 4.69) is 21.2 Å². The molecule has 2 aromatic carbocycles. The summed E-state index contributed by atoms with van der Waals surface area (Å²) < 4.78 is 14.6. The minimum atomic E-state index is -0.711. The van der Waals surface area contributed by atoms with Gasteiger partial charge in [-0.1, -0.05) is 46.3 Å². The third kappa shape index (κ3) is 5.56. The number of hydrogen-bond acceptors (Lipinski definition) is 2.